The summed E-state index contributed by atoms with van der Waals surface area (Å²) in [5.74, 6) is -0.00840. The highest BCUT2D eigenvalue weighted by molar-refractivity contribution is 5.87. The summed E-state index contributed by atoms with van der Waals surface area (Å²) in [6, 6.07) is -1.34. The quantitative estimate of drug-likeness (QED) is 0.515. The summed E-state index contributed by atoms with van der Waals surface area (Å²) in [7, 11) is 0. The van der Waals surface area contributed by atoms with E-state index in [4.69, 9.17) is 10.8 Å². The number of aliphatic hydroxyl groups is 1. The molecule has 1 atom stereocenters. The van der Waals surface area contributed by atoms with Crippen LogP contribution < -0.4 is 16.4 Å². The Hall–Kier alpha value is -1.30. The maximum absolute atomic E-state index is 11.9. The van der Waals surface area contributed by atoms with Gasteiger partial charge in [0.15, 0.2) is 0 Å². The maximum atomic E-state index is 11.9. The van der Waals surface area contributed by atoms with E-state index in [1.54, 1.807) is 0 Å². The molecule has 98 valence electrons. The summed E-state index contributed by atoms with van der Waals surface area (Å²) >= 11 is 0. The highest BCUT2D eigenvalue weighted by Crippen LogP contribution is 2.34. The number of carbonyl (C=O) groups is 2. The first-order valence-electron chi connectivity index (χ1n) is 5.87. The summed E-state index contributed by atoms with van der Waals surface area (Å²) < 4.78 is 0. The Balaban J connectivity index is 2.55. The van der Waals surface area contributed by atoms with Crippen LogP contribution in [0.4, 0.5) is 4.79 Å². The van der Waals surface area contributed by atoms with Crippen LogP contribution in [0.15, 0.2) is 0 Å². The molecule has 0 saturated heterocycles. The second-order valence-electron chi connectivity index (χ2n) is 5.12. The third kappa shape index (κ3) is 4.22. The molecule has 1 rings (SSSR count). The van der Waals surface area contributed by atoms with Crippen LogP contribution in [0.1, 0.15) is 33.1 Å². The largest absolute Gasteiger partial charge is 0.394 e. The topological polar surface area (TPSA) is 104 Å². The highest BCUT2D eigenvalue weighted by Gasteiger charge is 2.44. The fourth-order valence-electron chi connectivity index (χ4n) is 1.70. The molecule has 3 amide bonds. The van der Waals surface area contributed by atoms with E-state index in [0.717, 1.165) is 12.8 Å². The number of primary amides is 1. The van der Waals surface area contributed by atoms with E-state index >= 15 is 0 Å². The first kappa shape index (κ1) is 13.8. The average Bonchev–Trinajstić information content (AvgIpc) is 2.96. The van der Waals surface area contributed by atoms with E-state index < -0.39 is 17.6 Å². The number of hydrogen-bond acceptors (Lipinski definition) is 3. The predicted molar refractivity (Wildman–Crippen MR) is 63.2 cm³/mol. The Morgan fingerprint density at radius 1 is 1.41 bits per heavy atom. The van der Waals surface area contributed by atoms with Gasteiger partial charge in [-0.05, 0) is 25.2 Å². The molecule has 1 fully saturated rings. The third-order valence-corrected chi connectivity index (χ3v) is 2.88. The summed E-state index contributed by atoms with van der Waals surface area (Å²) in [6.07, 6.45) is 2.08. The van der Waals surface area contributed by atoms with E-state index in [2.05, 4.69) is 10.6 Å². The molecule has 5 N–H and O–H groups in total. The van der Waals surface area contributed by atoms with Gasteiger partial charge in [-0.2, -0.15) is 0 Å². The van der Waals surface area contributed by atoms with E-state index in [0.29, 0.717) is 6.42 Å². The van der Waals surface area contributed by atoms with Gasteiger partial charge in [-0.15, -0.1) is 0 Å². The standard InChI is InChI=1S/C11H21N3O3/c1-7(2)5-8(13-10(12)17)9(16)14-11(6-15)3-4-11/h7-8,15H,3-6H2,1-2H3,(H,14,16)(H3,12,13,17). The molecule has 0 aromatic rings. The summed E-state index contributed by atoms with van der Waals surface area (Å²) in [4.78, 5) is 22.8. The highest BCUT2D eigenvalue weighted by atomic mass is 16.3. The van der Waals surface area contributed by atoms with Crippen molar-refractivity contribution < 1.29 is 14.7 Å². The third-order valence-electron chi connectivity index (χ3n) is 2.88. The van der Waals surface area contributed by atoms with Gasteiger partial charge in [-0.25, -0.2) is 4.79 Å². The van der Waals surface area contributed by atoms with Gasteiger partial charge in [-0.1, -0.05) is 13.8 Å². The van der Waals surface area contributed by atoms with Crippen LogP contribution in [0, 0.1) is 5.92 Å². The molecule has 1 aliphatic rings. The molecule has 0 spiro atoms. The van der Waals surface area contributed by atoms with Crippen molar-refractivity contribution in [2.75, 3.05) is 6.61 Å². The SMILES string of the molecule is CC(C)CC(NC(N)=O)C(=O)NC1(CO)CC1. The van der Waals surface area contributed by atoms with Crippen molar-refractivity contribution in [3.8, 4) is 0 Å². The van der Waals surface area contributed by atoms with Gasteiger partial charge in [0.05, 0.1) is 12.1 Å². The molecule has 6 heteroatoms. The lowest BCUT2D eigenvalue weighted by atomic mass is 10.0. The fourth-order valence-corrected chi connectivity index (χ4v) is 1.70. The lowest BCUT2D eigenvalue weighted by Gasteiger charge is -2.22. The lowest BCUT2D eigenvalue weighted by molar-refractivity contribution is -0.124. The minimum absolute atomic E-state index is 0.0658. The summed E-state index contributed by atoms with van der Waals surface area (Å²) in [6.45, 7) is 3.85. The summed E-state index contributed by atoms with van der Waals surface area (Å²) in [5, 5.41) is 14.3. The second kappa shape index (κ2) is 5.35. The van der Waals surface area contributed by atoms with Crippen molar-refractivity contribution in [3.63, 3.8) is 0 Å². The number of amides is 3. The predicted octanol–water partition coefficient (Wildman–Crippen LogP) is -0.289. The molecule has 17 heavy (non-hydrogen) atoms. The Morgan fingerprint density at radius 2 is 2.00 bits per heavy atom. The number of rotatable bonds is 6. The van der Waals surface area contributed by atoms with E-state index in [1.807, 2.05) is 13.8 Å². The Labute approximate surface area is 101 Å². The van der Waals surface area contributed by atoms with Gasteiger partial charge in [-0.3, -0.25) is 4.79 Å². The van der Waals surface area contributed by atoms with Crippen LogP contribution in [-0.2, 0) is 4.79 Å². The summed E-state index contributed by atoms with van der Waals surface area (Å²) in [5.41, 5.74) is 4.57. The number of hydrogen-bond donors (Lipinski definition) is 4. The zero-order valence-electron chi connectivity index (χ0n) is 10.3. The van der Waals surface area contributed by atoms with E-state index in [-0.39, 0.29) is 18.4 Å². The van der Waals surface area contributed by atoms with E-state index in [1.165, 1.54) is 0 Å². The number of nitrogens with one attached hydrogen (secondary N) is 2. The van der Waals surface area contributed by atoms with Crippen LogP contribution in [-0.4, -0.2) is 35.2 Å². The van der Waals surface area contributed by atoms with Crippen LogP contribution >= 0.6 is 0 Å². The number of nitrogens with two attached hydrogens (primary N) is 1. The smallest absolute Gasteiger partial charge is 0.312 e. The van der Waals surface area contributed by atoms with Gasteiger partial charge in [0, 0.05) is 0 Å². The lowest BCUT2D eigenvalue weighted by Crippen LogP contribution is -2.53. The van der Waals surface area contributed by atoms with Crippen LogP contribution in [0.5, 0.6) is 0 Å². The molecule has 0 aromatic carbocycles. The molecule has 0 radical (unpaired) electrons. The number of urea groups is 1. The molecule has 6 nitrogen and oxygen atoms in total. The molecule has 0 aromatic heterocycles. The Kier molecular flexibility index (Phi) is 4.34. The van der Waals surface area contributed by atoms with Gasteiger partial charge in [0.2, 0.25) is 5.91 Å². The number of carbonyl (C=O) groups excluding carboxylic acids is 2. The monoisotopic (exact) mass is 243 g/mol. The zero-order valence-corrected chi connectivity index (χ0v) is 10.3. The molecular formula is C11H21N3O3. The molecule has 1 aliphatic carbocycles. The van der Waals surface area contributed by atoms with Gasteiger partial charge in [0.1, 0.15) is 6.04 Å². The van der Waals surface area contributed by atoms with Gasteiger partial charge < -0.3 is 21.5 Å². The molecule has 1 unspecified atom stereocenters. The normalized spacial score (nSPS) is 18.6. The first-order chi connectivity index (χ1) is 7.88. The molecule has 0 bridgehead atoms. The molecule has 0 heterocycles. The Bertz CT molecular complexity index is 300. The first-order valence-corrected chi connectivity index (χ1v) is 5.87. The number of aliphatic hydroxyl groups excluding tert-OH is 1. The van der Waals surface area contributed by atoms with Crippen LogP contribution in [0.2, 0.25) is 0 Å². The van der Waals surface area contributed by atoms with E-state index in [9.17, 15) is 9.59 Å². The molecular weight excluding hydrogens is 222 g/mol. The van der Waals surface area contributed by atoms with Gasteiger partial charge in [0.25, 0.3) is 0 Å². The second-order valence-corrected chi connectivity index (χ2v) is 5.12. The zero-order chi connectivity index (χ0) is 13.1. The average molecular weight is 243 g/mol. The van der Waals surface area contributed by atoms with Crippen molar-refractivity contribution >= 4 is 11.9 Å². The minimum atomic E-state index is -0.709. The molecule has 1 saturated carbocycles. The fraction of sp³-hybridized carbons (Fsp3) is 0.818. The van der Waals surface area contributed by atoms with Crippen molar-refractivity contribution in [3.05, 3.63) is 0 Å². The van der Waals surface area contributed by atoms with Crippen molar-refractivity contribution in [1.82, 2.24) is 10.6 Å². The van der Waals surface area contributed by atoms with Crippen molar-refractivity contribution in [2.45, 2.75) is 44.7 Å². The van der Waals surface area contributed by atoms with Crippen LogP contribution in [0.25, 0.3) is 0 Å². The molecule has 0 aliphatic heterocycles. The Morgan fingerprint density at radius 3 is 2.35 bits per heavy atom. The van der Waals surface area contributed by atoms with Crippen LogP contribution in [0.3, 0.4) is 0 Å². The van der Waals surface area contributed by atoms with Crippen molar-refractivity contribution in [2.24, 2.45) is 11.7 Å². The van der Waals surface area contributed by atoms with Gasteiger partial charge >= 0.3 is 6.03 Å². The minimum Gasteiger partial charge on any atom is -0.394 e. The maximum Gasteiger partial charge on any atom is 0.312 e. The van der Waals surface area contributed by atoms with Crippen molar-refractivity contribution in [1.29, 1.82) is 0 Å².